The summed E-state index contributed by atoms with van der Waals surface area (Å²) in [6, 6.07) is 21.0. The van der Waals surface area contributed by atoms with E-state index in [1.54, 1.807) is 28.9 Å². The fourth-order valence-corrected chi connectivity index (χ4v) is 5.25. The molecule has 2 heterocycles. The van der Waals surface area contributed by atoms with Crippen molar-refractivity contribution in [3.8, 4) is 0 Å². The highest BCUT2D eigenvalue weighted by Crippen LogP contribution is 2.24. The van der Waals surface area contributed by atoms with Crippen LogP contribution in [-0.4, -0.2) is 34.3 Å². The van der Waals surface area contributed by atoms with Gasteiger partial charge in [-0.1, -0.05) is 42.5 Å². The van der Waals surface area contributed by atoms with E-state index in [0.29, 0.717) is 11.8 Å². The second-order valence-corrected chi connectivity index (χ2v) is 9.71. The van der Waals surface area contributed by atoms with E-state index >= 15 is 0 Å². The lowest BCUT2D eigenvalue weighted by molar-refractivity contribution is 0.275. The van der Waals surface area contributed by atoms with E-state index in [0.717, 1.165) is 73.9 Å². The lowest BCUT2D eigenvalue weighted by Gasteiger charge is -2.21. The zero-order valence-electron chi connectivity index (χ0n) is 20.8. The second-order valence-electron chi connectivity index (χ2n) is 9.71. The van der Waals surface area contributed by atoms with Gasteiger partial charge >= 0.3 is 0 Å². The van der Waals surface area contributed by atoms with Crippen LogP contribution >= 0.6 is 12.4 Å². The molecule has 194 valence electrons. The third-order valence-corrected chi connectivity index (χ3v) is 7.15. The monoisotopic (exact) mass is 523 g/mol. The summed E-state index contributed by atoms with van der Waals surface area (Å²) in [5.41, 5.74) is 2.79. The van der Waals surface area contributed by atoms with Gasteiger partial charge in [-0.25, -0.2) is 13.5 Å². The molecule has 3 aromatic carbocycles. The third kappa shape index (κ3) is 6.62. The maximum Gasteiger partial charge on any atom is 0.274 e. The van der Waals surface area contributed by atoms with E-state index in [1.165, 1.54) is 18.2 Å². The largest absolute Gasteiger partial charge is 0.303 e. The Kier molecular flexibility index (Phi) is 9.06. The molecule has 5 rings (SSSR count). The average Bonchev–Trinajstić information content (AvgIpc) is 3.13. The summed E-state index contributed by atoms with van der Waals surface area (Å²) in [7, 11) is 0. The summed E-state index contributed by atoms with van der Waals surface area (Å²) < 4.78 is 28.6. The second kappa shape index (κ2) is 12.4. The molecule has 1 aromatic heterocycles. The minimum absolute atomic E-state index is 0. The molecule has 0 spiro atoms. The van der Waals surface area contributed by atoms with E-state index in [1.807, 2.05) is 30.3 Å². The number of rotatable bonds is 7. The molecule has 1 saturated heterocycles. The van der Waals surface area contributed by atoms with Gasteiger partial charge in [0.2, 0.25) is 0 Å². The maximum absolute atomic E-state index is 13.4. The predicted molar refractivity (Wildman–Crippen MR) is 147 cm³/mol. The summed E-state index contributed by atoms with van der Waals surface area (Å²) in [4.78, 5) is 15.9. The van der Waals surface area contributed by atoms with E-state index < -0.39 is 0 Å². The minimum atomic E-state index is -0.263. The van der Waals surface area contributed by atoms with Crippen LogP contribution in [0.4, 0.5) is 8.78 Å². The first-order valence-electron chi connectivity index (χ1n) is 12.8. The third-order valence-electron chi connectivity index (χ3n) is 7.15. The molecule has 1 atom stereocenters. The van der Waals surface area contributed by atoms with Crippen LogP contribution in [0.25, 0.3) is 10.8 Å². The molecular formula is C30H32ClF2N3O. The van der Waals surface area contributed by atoms with Crippen LogP contribution in [0.2, 0.25) is 0 Å². The van der Waals surface area contributed by atoms with E-state index in [4.69, 9.17) is 5.10 Å². The molecule has 1 fully saturated rings. The van der Waals surface area contributed by atoms with Gasteiger partial charge in [-0.05, 0) is 86.7 Å². The number of aromatic nitrogens is 2. The molecule has 7 heteroatoms. The van der Waals surface area contributed by atoms with E-state index in [2.05, 4.69) is 4.90 Å². The van der Waals surface area contributed by atoms with Crippen LogP contribution in [0.15, 0.2) is 77.6 Å². The van der Waals surface area contributed by atoms with Gasteiger partial charge in [0.25, 0.3) is 5.56 Å². The molecule has 4 aromatic rings. The predicted octanol–water partition coefficient (Wildman–Crippen LogP) is 6.35. The Morgan fingerprint density at radius 2 is 1.62 bits per heavy atom. The Labute approximate surface area is 222 Å². The van der Waals surface area contributed by atoms with Gasteiger partial charge in [-0.3, -0.25) is 4.79 Å². The molecule has 0 aliphatic carbocycles. The van der Waals surface area contributed by atoms with Crippen molar-refractivity contribution in [3.05, 3.63) is 112 Å². The van der Waals surface area contributed by atoms with Crippen molar-refractivity contribution in [3.63, 3.8) is 0 Å². The first-order chi connectivity index (χ1) is 17.6. The van der Waals surface area contributed by atoms with Crippen LogP contribution < -0.4 is 5.56 Å². The molecule has 0 amide bonds. The molecule has 1 aliphatic heterocycles. The number of halogens is 3. The zero-order chi connectivity index (χ0) is 24.9. The van der Waals surface area contributed by atoms with Crippen molar-refractivity contribution in [1.82, 2.24) is 14.7 Å². The number of nitrogens with zero attached hydrogens (tertiary/aromatic N) is 3. The molecule has 0 saturated carbocycles. The van der Waals surface area contributed by atoms with Gasteiger partial charge in [0, 0.05) is 18.4 Å². The lowest BCUT2D eigenvalue weighted by Crippen LogP contribution is -2.30. The average molecular weight is 524 g/mol. The van der Waals surface area contributed by atoms with Crippen LogP contribution in [0, 0.1) is 11.6 Å². The van der Waals surface area contributed by atoms with Crippen molar-refractivity contribution < 1.29 is 8.78 Å². The van der Waals surface area contributed by atoms with Gasteiger partial charge < -0.3 is 4.90 Å². The molecule has 37 heavy (non-hydrogen) atoms. The number of hydrogen-bond donors (Lipinski definition) is 0. The Balaban J connectivity index is 0.00000320. The Morgan fingerprint density at radius 3 is 2.41 bits per heavy atom. The highest BCUT2D eigenvalue weighted by atomic mass is 35.5. The normalized spacial score (nSPS) is 16.3. The topological polar surface area (TPSA) is 38.1 Å². The number of likely N-dealkylation sites (tertiary alicyclic amines) is 1. The van der Waals surface area contributed by atoms with Crippen molar-refractivity contribution in [2.45, 2.75) is 44.6 Å². The summed E-state index contributed by atoms with van der Waals surface area (Å²) in [5.74, 6) is -0.447. The van der Waals surface area contributed by atoms with Crippen LogP contribution in [0.5, 0.6) is 0 Å². The number of benzene rings is 3. The Morgan fingerprint density at radius 1 is 0.838 bits per heavy atom. The van der Waals surface area contributed by atoms with Gasteiger partial charge in [0.1, 0.15) is 11.6 Å². The summed E-state index contributed by atoms with van der Waals surface area (Å²) in [6.07, 6.45) is 5.14. The maximum atomic E-state index is 13.4. The molecule has 0 radical (unpaired) electrons. The first kappa shape index (κ1) is 27.0. The van der Waals surface area contributed by atoms with Crippen molar-refractivity contribution in [2.75, 3.05) is 19.6 Å². The lowest BCUT2D eigenvalue weighted by atomic mass is 10.0. The highest BCUT2D eigenvalue weighted by molar-refractivity contribution is 5.85. The molecule has 0 N–H and O–H groups in total. The SMILES string of the molecule is Cl.O=c1c2ccccc2c(Cc2ccc(F)cc2)nn1C1CCCN(CCCc2cccc(F)c2)CC1. The number of fused-ring (bicyclic) bond motifs is 1. The van der Waals surface area contributed by atoms with Crippen molar-refractivity contribution in [1.29, 1.82) is 0 Å². The molecule has 0 bridgehead atoms. The van der Waals surface area contributed by atoms with E-state index in [9.17, 15) is 13.6 Å². The standard InChI is InChI=1S/C30H31F2N3O.ClH/c31-24-14-12-23(13-15-24)21-29-27-10-1-2-11-28(27)30(36)35(33-29)26-9-5-18-34(19-16-26)17-4-7-22-6-3-8-25(32)20-22;/h1-3,6,8,10-15,20,26H,4-5,7,9,16-19,21H2;1H. The quantitative estimate of drug-likeness (QED) is 0.283. The van der Waals surface area contributed by atoms with Crippen molar-refractivity contribution in [2.24, 2.45) is 0 Å². The summed E-state index contributed by atoms with van der Waals surface area (Å²) >= 11 is 0. The minimum Gasteiger partial charge on any atom is -0.303 e. The van der Waals surface area contributed by atoms with Gasteiger partial charge in [-0.2, -0.15) is 5.10 Å². The Bertz CT molecular complexity index is 1390. The van der Waals surface area contributed by atoms with E-state index in [-0.39, 0.29) is 35.6 Å². The molecule has 1 aliphatic rings. The summed E-state index contributed by atoms with van der Waals surface area (Å²) in [6.45, 7) is 2.85. The van der Waals surface area contributed by atoms with Gasteiger partial charge in [-0.15, -0.1) is 12.4 Å². The summed E-state index contributed by atoms with van der Waals surface area (Å²) in [5, 5.41) is 6.41. The van der Waals surface area contributed by atoms with Crippen molar-refractivity contribution >= 4 is 23.2 Å². The highest BCUT2D eigenvalue weighted by Gasteiger charge is 2.22. The molecule has 4 nitrogen and oxygen atoms in total. The fourth-order valence-electron chi connectivity index (χ4n) is 5.25. The Hall–Kier alpha value is -3.09. The van der Waals surface area contributed by atoms with Gasteiger partial charge in [0.15, 0.2) is 0 Å². The zero-order valence-corrected chi connectivity index (χ0v) is 21.6. The van der Waals surface area contributed by atoms with Crippen LogP contribution in [0.3, 0.4) is 0 Å². The smallest absolute Gasteiger partial charge is 0.274 e. The molecular weight excluding hydrogens is 492 g/mol. The van der Waals surface area contributed by atoms with Crippen LogP contribution in [-0.2, 0) is 12.8 Å². The number of aryl methyl sites for hydroxylation is 1. The molecule has 1 unspecified atom stereocenters. The fraction of sp³-hybridized carbons (Fsp3) is 0.333. The first-order valence-corrected chi connectivity index (χ1v) is 12.8. The number of hydrogen-bond acceptors (Lipinski definition) is 3. The van der Waals surface area contributed by atoms with Gasteiger partial charge in [0.05, 0.1) is 17.1 Å². The van der Waals surface area contributed by atoms with Crippen LogP contribution in [0.1, 0.15) is 48.5 Å².